The van der Waals surface area contributed by atoms with E-state index >= 15 is 0 Å². The second kappa shape index (κ2) is 5.78. The van der Waals surface area contributed by atoms with Crippen LogP contribution >= 0.6 is 11.8 Å². The highest BCUT2D eigenvalue weighted by atomic mass is 32.2. The third-order valence-corrected chi connectivity index (χ3v) is 4.41. The van der Waals surface area contributed by atoms with Crippen molar-refractivity contribution < 1.29 is 5.11 Å². The molecule has 1 heterocycles. The predicted octanol–water partition coefficient (Wildman–Crippen LogP) is 3.07. The van der Waals surface area contributed by atoms with Crippen LogP contribution in [0.4, 0.5) is 5.69 Å². The molecule has 1 aromatic carbocycles. The fraction of sp³-hybridized carbons (Fsp3) is 0.571. The Bertz CT molecular complexity index is 352. The molecule has 2 nitrogen and oxygen atoms in total. The quantitative estimate of drug-likeness (QED) is 0.893. The highest BCUT2D eigenvalue weighted by Gasteiger charge is 2.17. The second-order valence-corrected chi connectivity index (χ2v) is 6.19. The zero-order valence-electron chi connectivity index (χ0n) is 10.6. The topological polar surface area (TPSA) is 23.5 Å². The lowest BCUT2D eigenvalue weighted by Gasteiger charge is -2.32. The lowest BCUT2D eigenvalue weighted by molar-refractivity contribution is 0.173. The number of anilines is 1. The molecule has 1 aliphatic heterocycles. The molecule has 3 heteroatoms. The van der Waals surface area contributed by atoms with Crippen LogP contribution in [0, 0.1) is 0 Å². The van der Waals surface area contributed by atoms with Gasteiger partial charge in [0.05, 0.1) is 6.10 Å². The van der Waals surface area contributed by atoms with E-state index in [1.807, 2.05) is 18.7 Å². The van der Waals surface area contributed by atoms with Crippen molar-refractivity contribution in [2.75, 3.05) is 23.7 Å². The first kappa shape index (κ1) is 12.8. The lowest BCUT2D eigenvalue weighted by Crippen LogP contribution is -2.36. The van der Waals surface area contributed by atoms with Gasteiger partial charge in [-0.05, 0) is 24.1 Å². The van der Waals surface area contributed by atoms with Gasteiger partial charge in [-0.15, -0.1) is 0 Å². The van der Waals surface area contributed by atoms with Crippen LogP contribution in [-0.2, 0) is 0 Å². The van der Waals surface area contributed by atoms with Gasteiger partial charge in [0.15, 0.2) is 0 Å². The molecule has 1 aliphatic rings. The molecule has 0 saturated carbocycles. The van der Waals surface area contributed by atoms with Crippen LogP contribution < -0.4 is 4.90 Å². The minimum absolute atomic E-state index is 0.320. The molecule has 1 N–H and O–H groups in total. The van der Waals surface area contributed by atoms with Crippen LogP contribution in [-0.4, -0.2) is 29.2 Å². The molecule has 1 aromatic rings. The van der Waals surface area contributed by atoms with Crippen LogP contribution in [0.2, 0.25) is 0 Å². The molecule has 0 bridgehead atoms. The normalized spacial score (nSPS) is 22.5. The van der Waals surface area contributed by atoms with Crippen molar-refractivity contribution in [3.8, 4) is 0 Å². The number of hydrogen-bond acceptors (Lipinski definition) is 3. The third-order valence-electron chi connectivity index (χ3n) is 3.27. The van der Waals surface area contributed by atoms with Gasteiger partial charge in [-0.2, -0.15) is 11.8 Å². The molecule has 0 amide bonds. The fourth-order valence-electron chi connectivity index (χ4n) is 2.20. The van der Waals surface area contributed by atoms with Gasteiger partial charge < -0.3 is 10.0 Å². The average molecular weight is 251 g/mol. The van der Waals surface area contributed by atoms with Crippen molar-refractivity contribution in [1.29, 1.82) is 0 Å². The molecular weight excluding hydrogens is 230 g/mol. The molecule has 0 aliphatic carbocycles. The smallest absolute Gasteiger partial charge is 0.0787 e. The summed E-state index contributed by atoms with van der Waals surface area (Å²) in [5, 5.41) is 10.5. The molecule has 0 radical (unpaired) electrons. The van der Waals surface area contributed by atoms with E-state index in [1.54, 1.807) is 0 Å². The largest absolute Gasteiger partial charge is 0.388 e. The second-order valence-electron chi connectivity index (χ2n) is 4.64. The van der Waals surface area contributed by atoms with Crippen molar-refractivity contribution in [3.05, 3.63) is 29.8 Å². The Morgan fingerprint density at radius 1 is 1.41 bits per heavy atom. The van der Waals surface area contributed by atoms with Gasteiger partial charge in [0.1, 0.15) is 0 Å². The Hall–Kier alpha value is -0.670. The van der Waals surface area contributed by atoms with Crippen molar-refractivity contribution in [3.63, 3.8) is 0 Å². The first-order valence-electron chi connectivity index (χ1n) is 6.35. The van der Waals surface area contributed by atoms with E-state index < -0.39 is 0 Å². The molecule has 17 heavy (non-hydrogen) atoms. The van der Waals surface area contributed by atoms with E-state index in [1.165, 1.54) is 11.4 Å². The minimum atomic E-state index is -0.320. The first-order valence-corrected chi connectivity index (χ1v) is 7.40. The van der Waals surface area contributed by atoms with Crippen LogP contribution in [0.3, 0.4) is 0 Å². The van der Waals surface area contributed by atoms with E-state index in [0.717, 1.165) is 25.1 Å². The Balaban J connectivity index is 2.06. The summed E-state index contributed by atoms with van der Waals surface area (Å²) in [6.45, 7) is 6.54. The number of thioether (sulfide) groups is 1. The van der Waals surface area contributed by atoms with Gasteiger partial charge in [0.25, 0.3) is 0 Å². The van der Waals surface area contributed by atoms with Gasteiger partial charge in [-0.3, -0.25) is 0 Å². The SMILES string of the molecule is CCC(O)c1ccc(N2CCSC(C)C2)cc1. The van der Waals surface area contributed by atoms with Crippen molar-refractivity contribution in [2.24, 2.45) is 0 Å². The Morgan fingerprint density at radius 3 is 2.71 bits per heavy atom. The lowest BCUT2D eigenvalue weighted by atomic mass is 10.1. The van der Waals surface area contributed by atoms with E-state index in [2.05, 4.69) is 36.1 Å². The van der Waals surface area contributed by atoms with E-state index in [0.29, 0.717) is 5.25 Å². The summed E-state index contributed by atoms with van der Waals surface area (Å²) >= 11 is 2.05. The summed E-state index contributed by atoms with van der Waals surface area (Å²) in [5.41, 5.74) is 2.31. The molecule has 0 aromatic heterocycles. The maximum absolute atomic E-state index is 9.76. The van der Waals surface area contributed by atoms with E-state index in [4.69, 9.17) is 0 Å². The summed E-state index contributed by atoms with van der Waals surface area (Å²) in [6.07, 6.45) is 0.455. The number of aliphatic hydroxyl groups is 1. The van der Waals surface area contributed by atoms with Crippen LogP contribution in [0.5, 0.6) is 0 Å². The maximum atomic E-state index is 9.76. The van der Waals surface area contributed by atoms with Crippen LogP contribution in [0.25, 0.3) is 0 Å². The van der Waals surface area contributed by atoms with E-state index in [9.17, 15) is 5.11 Å². The van der Waals surface area contributed by atoms with Crippen LogP contribution in [0.1, 0.15) is 31.9 Å². The Labute approximate surface area is 108 Å². The van der Waals surface area contributed by atoms with Gasteiger partial charge in [0, 0.05) is 29.8 Å². The molecule has 0 spiro atoms. The number of rotatable bonds is 3. The summed E-state index contributed by atoms with van der Waals surface area (Å²) in [5.74, 6) is 1.21. The molecular formula is C14H21NOS. The number of nitrogens with zero attached hydrogens (tertiary/aromatic N) is 1. The standard InChI is InChI=1S/C14H21NOS/c1-3-14(16)12-4-6-13(7-5-12)15-8-9-17-11(2)10-15/h4-7,11,14,16H,3,8-10H2,1-2H3. The number of hydrogen-bond donors (Lipinski definition) is 1. The maximum Gasteiger partial charge on any atom is 0.0787 e. The summed E-state index contributed by atoms with van der Waals surface area (Å²) in [7, 11) is 0. The molecule has 1 saturated heterocycles. The highest BCUT2D eigenvalue weighted by Crippen LogP contribution is 2.25. The average Bonchev–Trinajstić information content (AvgIpc) is 2.38. The zero-order chi connectivity index (χ0) is 12.3. The molecule has 1 fully saturated rings. The molecule has 2 unspecified atom stereocenters. The summed E-state index contributed by atoms with van der Waals surface area (Å²) in [4.78, 5) is 2.43. The Morgan fingerprint density at radius 2 is 2.12 bits per heavy atom. The first-order chi connectivity index (χ1) is 8.20. The number of benzene rings is 1. The van der Waals surface area contributed by atoms with Gasteiger partial charge in [0.2, 0.25) is 0 Å². The highest BCUT2D eigenvalue weighted by molar-refractivity contribution is 8.00. The Kier molecular flexibility index (Phi) is 4.35. The third kappa shape index (κ3) is 3.17. The monoisotopic (exact) mass is 251 g/mol. The van der Waals surface area contributed by atoms with Gasteiger partial charge in [-0.1, -0.05) is 26.0 Å². The predicted molar refractivity (Wildman–Crippen MR) is 75.8 cm³/mol. The van der Waals surface area contributed by atoms with Crippen molar-refractivity contribution >= 4 is 17.4 Å². The molecule has 2 atom stereocenters. The summed E-state index contributed by atoms with van der Waals surface area (Å²) in [6, 6.07) is 8.37. The fourth-order valence-corrected chi connectivity index (χ4v) is 3.21. The van der Waals surface area contributed by atoms with E-state index in [-0.39, 0.29) is 6.10 Å². The van der Waals surface area contributed by atoms with Crippen LogP contribution in [0.15, 0.2) is 24.3 Å². The van der Waals surface area contributed by atoms with Gasteiger partial charge >= 0.3 is 0 Å². The molecule has 94 valence electrons. The van der Waals surface area contributed by atoms with Crippen molar-refractivity contribution in [2.45, 2.75) is 31.6 Å². The zero-order valence-corrected chi connectivity index (χ0v) is 11.4. The summed E-state index contributed by atoms with van der Waals surface area (Å²) < 4.78 is 0. The minimum Gasteiger partial charge on any atom is -0.388 e. The van der Waals surface area contributed by atoms with Crippen molar-refractivity contribution in [1.82, 2.24) is 0 Å². The number of aliphatic hydroxyl groups excluding tert-OH is 1. The molecule has 2 rings (SSSR count). The van der Waals surface area contributed by atoms with Gasteiger partial charge in [-0.25, -0.2) is 0 Å².